The van der Waals surface area contributed by atoms with Crippen molar-refractivity contribution in [2.75, 3.05) is 6.54 Å². The maximum absolute atomic E-state index is 13.3. The van der Waals surface area contributed by atoms with E-state index in [9.17, 15) is 4.39 Å². The summed E-state index contributed by atoms with van der Waals surface area (Å²) in [6.45, 7) is 3.14. The molecule has 1 N–H and O–H groups in total. The molecule has 0 aromatic heterocycles. The van der Waals surface area contributed by atoms with Crippen LogP contribution in [-0.2, 0) is 12.8 Å². The van der Waals surface area contributed by atoms with Crippen molar-refractivity contribution in [2.24, 2.45) is 0 Å². The molecule has 0 amide bonds. The molecule has 0 aliphatic carbocycles. The number of hydrogen-bond donors (Lipinski definition) is 1. The third-order valence-corrected chi connectivity index (χ3v) is 3.98. The molecule has 0 bridgehead atoms. The van der Waals surface area contributed by atoms with E-state index >= 15 is 0 Å². The summed E-state index contributed by atoms with van der Waals surface area (Å²) in [5.41, 5.74) is 2.34. The summed E-state index contributed by atoms with van der Waals surface area (Å²) < 4.78 is 14.4. The molecule has 112 valence electrons. The zero-order valence-electron chi connectivity index (χ0n) is 12.3. The van der Waals surface area contributed by atoms with Gasteiger partial charge in [-0.25, -0.2) is 4.39 Å². The van der Waals surface area contributed by atoms with Gasteiger partial charge in [0.05, 0.1) is 0 Å². The fourth-order valence-electron chi connectivity index (χ4n) is 2.42. The average Bonchev–Trinajstić information content (AvgIpc) is 2.47. The lowest BCUT2D eigenvalue weighted by molar-refractivity contribution is 0.503. The van der Waals surface area contributed by atoms with Gasteiger partial charge in [0.15, 0.2) is 0 Å². The van der Waals surface area contributed by atoms with E-state index in [-0.39, 0.29) is 5.82 Å². The van der Waals surface area contributed by atoms with Crippen LogP contribution in [0.3, 0.4) is 0 Å². The summed E-state index contributed by atoms with van der Waals surface area (Å²) in [5.74, 6) is -0.162. The summed E-state index contributed by atoms with van der Waals surface area (Å²) >= 11 is 3.46. The topological polar surface area (TPSA) is 12.0 Å². The minimum absolute atomic E-state index is 0.162. The van der Waals surface area contributed by atoms with Crippen LogP contribution in [0.1, 0.15) is 24.5 Å². The molecule has 21 heavy (non-hydrogen) atoms. The highest BCUT2D eigenvalue weighted by atomic mass is 79.9. The number of hydrogen-bond acceptors (Lipinski definition) is 1. The van der Waals surface area contributed by atoms with Gasteiger partial charge in [0.1, 0.15) is 5.82 Å². The van der Waals surface area contributed by atoms with E-state index in [1.165, 1.54) is 11.6 Å². The maximum atomic E-state index is 13.3. The van der Waals surface area contributed by atoms with Crippen molar-refractivity contribution in [1.29, 1.82) is 0 Å². The van der Waals surface area contributed by atoms with E-state index < -0.39 is 0 Å². The Labute approximate surface area is 134 Å². The normalized spacial score (nSPS) is 12.3. The van der Waals surface area contributed by atoms with Crippen LogP contribution in [-0.4, -0.2) is 12.6 Å². The monoisotopic (exact) mass is 349 g/mol. The Morgan fingerprint density at radius 2 is 1.76 bits per heavy atom. The summed E-state index contributed by atoms with van der Waals surface area (Å²) in [6, 6.07) is 15.6. The molecule has 0 aliphatic rings. The summed E-state index contributed by atoms with van der Waals surface area (Å²) in [5, 5.41) is 3.57. The van der Waals surface area contributed by atoms with Gasteiger partial charge < -0.3 is 5.32 Å². The van der Waals surface area contributed by atoms with Crippen LogP contribution in [0.15, 0.2) is 53.0 Å². The average molecular weight is 350 g/mol. The van der Waals surface area contributed by atoms with Gasteiger partial charge in [-0.1, -0.05) is 47.1 Å². The Morgan fingerprint density at radius 1 is 1.05 bits per heavy atom. The highest BCUT2D eigenvalue weighted by Crippen LogP contribution is 2.14. The van der Waals surface area contributed by atoms with Gasteiger partial charge in [0, 0.05) is 10.5 Å². The molecular formula is C18H21BrFN. The fraction of sp³-hybridized carbons (Fsp3) is 0.333. The minimum Gasteiger partial charge on any atom is -0.313 e. The van der Waals surface area contributed by atoms with E-state index in [1.54, 1.807) is 12.1 Å². The lowest BCUT2D eigenvalue weighted by Crippen LogP contribution is -2.33. The van der Waals surface area contributed by atoms with Crippen LogP contribution in [0.5, 0.6) is 0 Å². The van der Waals surface area contributed by atoms with E-state index in [0.717, 1.165) is 35.8 Å². The zero-order valence-corrected chi connectivity index (χ0v) is 13.9. The number of rotatable bonds is 7. The smallest absolute Gasteiger partial charge is 0.123 e. The zero-order chi connectivity index (χ0) is 15.1. The highest BCUT2D eigenvalue weighted by molar-refractivity contribution is 9.10. The van der Waals surface area contributed by atoms with Crippen molar-refractivity contribution in [3.8, 4) is 0 Å². The van der Waals surface area contributed by atoms with Crippen molar-refractivity contribution in [2.45, 2.75) is 32.2 Å². The first-order valence-corrected chi connectivity index (χ1v) is 8.19. The van der Waals surface area contributed by atoms with Crippen LogP contribution in [0, 0.1) is 5.82 Å². The fourth-order valence-corrected chi connectivity index (χ4v) is 2.68. The van der Waals surface area contributed by atoms with Gasteiger partial charge in [-0.15, -0.1) is 0 Å². The standard InChI is InChI=1S/C18H21BrFN/c1-2-10-21-18(12-14-6-8-16(19)9-7-14)13-15-4-3-5-17(20)11-15/h3-9,11,18,21H,2,10,12-13H2,1H3. The largest absolute Gasteiger partial charge is 0.313 e. The highest BCUT2D eigenvalue weighted by Gasteiger charge is 2.10. The molecule has 0 radical (unpaired) electrons. The second-order valence-corrected chi connectivity index (χ2v) is 6.23. The Bertz CT molecular complexity index is 553. The van der Waals surface area contributed by atoms with Gasteiger partial charge in [-0.2, -0.15) is 0 Å². The molecule has 2 aromatic rings. The van der Waals surface area contributed by atoms with Crippen LogP contribution < -0.4 is 5.32 Å². The lowest BCUT2D eigenvalue weighted by atomic mass is 9.99. The van der Waals surface area contributed by atoms with Crippen molar-refractivity contribution >= 4 is 15.9 Å². The van der Waals surface area contributed by atoms with Crippen LogP contribution in [0.25, 0.3) is 0 Å². The molecule has 1 unspecified atom stereocenters. The third-order valence-electron chi connectivity index (χ3n) is 3.45. The van der Waals surface area contributed by atoms with Crippen molar-refractivity contribution in [3.05, 3.63) is 69.9 Å². The van der Waals surface area contributed by atoms with Crippen LogP contribution in [0.2, 0.25) is 0 Å². The Balaban J connectivity index is 2.04. The van der Waals surface area contributed by atoms with Crippen LogP contribution >= 0.6 is 15.9 Å². The molecule has 2 rings (SSSR count). The number of halogens is 2. The summed E-state index contributed by atoms with van der Waals surface area (Å²) in [4.78, 5) is 0. The first kappa shape index (κ1) is 16.2. The number of nitrogens with one attached hydrogen (secondary N) is 1. The molecular weight excluding hydrogens is 329 g/mol. The summed E-state index contributed by atoms with van der Waals surface area (Å²) in [6.07, 6.45) is 2.89. The lowest BCUT2D eigenvalue weighted by Gasteiger charge is -2.19. The maximum Gasteiger partial charge on any atom is 0.123 e. The van der Waals surface area contributed by atoms with E-state index in [2.05, 4.69) is 52.4 Å². The van der Waals surface area contributed by atoms with Crippen molar-refractivity contribution in [1.82, 2.24) is 5.32 Å². The minimum atomic E-state index is -0.162. The predicted octanol–water partition coefficient (Wildman–Crippen LogP) is 4.74. The number of benzene rings is 2. The van der Waals surface area contributed by atoms with E-state index in [1.807, 2.05) is 6.07 Å². The predicted molar refractivity (Wildman–Crippen MR) is 90.0 cm³/mol. The van der Waals surface area contributed by atoms with Crippen molar-refractivity contribution < 1.29 is 4.39 Å². The molecule has 1 nitrogen and oxygen atoms in total. The second-order valence-electron chi connectivity index (χ2n) is 5.32. The van der Waals surface area contributed by atoms with E-state index in [0.29, 0.717) is 6.04 Å². The molecule has 1 atom stereocenters. The van der Waals surface area contributed by atoms with Gasteiger partial charge in [0.25, 0.3) is 0 Å². The molecule has 0 fully saturated rings. The SMILES string of the molecule is CCCNC(Cc1ccc(Br)cc1)Cc1cccc(F)c1. The molecule has 0 heterocycles. The molecule has 0 saturated heterocycles. The Morgan fingerprint density at radius 3 is 2.43 bits per heavy atom. The molecule has 0 saturated carbocycles. The molecule has 0 aliphatic heterocycles. The Kier molecular flexibility index (Phi) is 6.40. The quantitative estimate of drug-likeness (QED) is 0.760. The van der Waals surface area contributed by atoms with E-state index in [4.69, 9.17) is 0 Å². The Hall–Kier alpha value is -1.19. The summed E-state index contributed by atoms with van der Waals surface area (Å²) in [7, 11) is 0. The van der Waals surface area contributed by atoms with Crippen LogP contribution in [0.4, 0.5) is 4.39 Å². The molecule has 2 aromatic carbocycles. The second kappa shape index (κ2) is 8.30. The third kappa shape index (κ3) is 5.60. The molecule has 0 spiro atoms. The van der Waals surface area contributed by atoms with Gasteiger partial charge in [0.2, 0.25) is 0 Å². The van der Waals surface area contributed by atoms with Gasteiger partial charge in [-0.05, 0) is 61.2 Å². The van der Waals surface area contributed by atoms with Crippen molar-refractivity contribution in [3.63, 3.8) is 0 Å². The first-order chi connectivity index (χ1) is 10.2. The van der Waals surface area contributed by atoms with Gasteiger partial charge in [-0.3, -0.25) is 0 Å². The molecule has 3 heteroatoms. The first-order valence-electron chi connectivity index (χ1n) is 7.39. The van der Waals surface area contributed by atoms with Gasteiger partial charge >= 0.3 is 0 Å².